The van der Waals surface area contributed by atoms with Gasteiger partial charge in [-0.25, -0.2) is 0 Å². The zero-order valence-corrected chi connectivity index (χ0v) is 15.3. The molecule has 0 atom stereocenters. The van der Waals surface area contributed by atoms with Crippen molar-refractivity contribution in [3.8, 4) is 5.75 Å². The van der Waals surface area contributed by atoms with Crippen LogP contribution in [0.2, 0.25) is 0 Å². The van der Waals surface area contributed by atoms with Gasteiger partial charge in [-0.05, 0) is 30.2 Å². The Bertz CT molecular complexity index is 646. The van der Waals surface area contributed by atoms with Crippen LogP contribution in [0.4, 0.5) is 0 Å². The van der Waals surface area contributed by atoms with Gasteiger partial charge in [0.1, 0.15) is 5.75 Å². The van der Waals surface area contributed by atoms with E-state index in [1.54, 1.807) is 13.2 Å². The van der Waals surface area contributed by atoms with Crippen molar-refractivity contribution >= 4 is 21.8 Å². The third-order valence-corrected chi connectivity index (χ3v) is 3.98. The monoisotopic (exact) mass is 391 g/mol. The van der Waals surface area contributed by atoms with Crippen LogP contribution in [0.3, 0.4) is 0 Å². The van der Waals surface area contributed by atoms with Crippen molar-refractivity contribution in [1.29, 1.82) is 0 Å². The Balaban J connectivity index is 1.95. The van der Waals surface area contributed by atoms with Crippen molar-refractivity contribution in [1.82, 2.24) is 5.32 Å². The molecule has 0 saturated heterocycles. The Morgan fingerprint density at radius 3 is 2.67 bits per heavy atom. The highest BCUT2D eigenvalue weighted by Crippen LogP contribution is 2.23. The predicted octanol–water partition coefficient (Wildman–Crippen LogP) is 3.84. The summed E-state index contributed by atoms with van der Waals surface area (Å²) < 4.78 is 11.7. The Morgan fingerprint density at radius 2 is 1.92 bits per heavy atom. The van der Waals surface area contributed by atoms with Gasteiger partial charge in [-0.15, -0.1) is 0 Å². The molecule has 0 aliphatic heterocycles. The van der Waals surface area contributed by atoms with Crippen LogP contribution in [0, 0.1) is 0 Å². The van der Waals surface area contributed by atoms with E-state index >= 15 is 0 Å². The molecule has 2 aromatic rings. The molecule has 0 unspecified atom stereocenters. The van der Waals surface area contributed by atoms with Crippen LogP contribution >= 0.6 is 15.9 Å². The summed E-state index contributed by atoms with van der Waals surface area (Å²) in [5.41, 5.74) is 1.75. The van der Waals surface area contributed by atoms with Crippen LogP contribution in [0.5, 0.6) is 5.75 Å². The molecule has 24 heavy (non-hydrogen) atoms. The van der Waals surface area contributed by atoms with Gasteiger partial charge in [-0.2, -0.15) is 0 Å². The first-order valence-electron chi connectivity index (χ1n) is 7.94. The van der Waals surface area contributed by atoms with E-state index in [4.69, 9.17) is 9.47 Å². The van der Waals surface area contributed by atoms with Crippen LogP contribution in [0.15, 0.2) is 53.0 Å². The molecule has 1 amide bonds. The minimum atomic E-state index is -0.137. The summed E-state index contributed by atoms with van der Waals surface area (Å²) in [6, 6.07) is 15.6. The van der Waals surface area contributed by atoms with Crippen LogP contribution < -0.4 is 10.1 Å². The molecule has 2 aromatic carbocycles. The molecule has 0 radical (unpaired) electrons. The topological polar surface area (TPSA) is 47.6 Å². The Morgan fingerprint density at radius 1 is 1.12 bits per heavy atom. The van der Waals surface area contributed by atoms with Gasteiger partial charge < -0.3 is 14.8 Å². The van der Waals surface area contributed by atoms with Crippen LogP contribution in [-0.4, -0.2) is 32.8 Å². The largest absolute Gasteiger partial charge is 0.492 e. The van der Waals surface area contributed by atoms with Crippen molar-refractivity contribution < 1.29 is 14.3 Å². The van der Waals surface area contributed by atoms with Gasteiger partial charge in [0.15, 0.2) is 0 Å². The molecule has 0 bridgehead atoms. The van der Waals surface area contributed by atoms with Crippen molar-refractivity contribution in [2.45, 2.75) is 12.8 Å². The molecule has 4 nitrogen and oxygen atoms in total. The first kappa shape index (κ1) is 18.5. The number of benzene rings is 2. The normalized spacial score (nSPS) is 10.4. The smallest absolute Gasteiger partial charge is 0.255 e. The maximum absolute atomic E-state index is 12.4. The van der Waals surface area contributed by atoms with Crippen molar-refractivity contribution in [3.63, 3.8) is 0 Å². The van der Waals surface area contributed by atoms with Gasteiger partial charge in [-0.1, -0.05) is 46.3 Å². The summed E-state index contributed by atoms with van der Waals surface area (Å²) >= 11 is 3.41. The van der Waals surface area contributed by atoms with Crippen molar-refractivity contribution in [3.05, 3.63) is 64.1 Å². The van der Waals surface area contributed by atoms with Crippen molar-refractivity contribution in [2.75, 3.05) is 26.9 Å². The summed E-state index contributed by atoms with van der Waals surface area (Å²) in [5.74, 6) is 0.459. The van der Waals surface area contributed by atoms with Crippen LogP contribution in [0.25, 0.3) is 0 Å². The average molecular weight is 392 g/mol. The van der Waals surface area contributed by atoms with Gasteiger partial charge in [0.25, 0.3) is 5.91 Å². The lowest BCUT2D eigenvalue weighted by atomic mass is 10.1. The first-order valence-corrected chi connectivity index (χ1v) is 8.73. The molecule has 5 heteroatoms. The van der Waals surface area contributed by atoms with Gasteiger partial charge in [0, 0.05) is 31.2 Å². The van der Waals surface area contributed by atoms with Crippen LogP contribution in [0.1, 0.15) is 22.3 Å². The fourth-order valence-electron chi connectivity index (χ4n) is 2.24. The SMILES string of the molecule is COCCCNC(=O)c1cc(Br)ccc1OCCc1ccccc1. The van der Waals surface area contributed by atoms with E-state index in [0.717, 1.165) is 17.3 Å². The lowest BCUT2D eigenvalue weighted by Crippen LogP contribution is -2.26. The maximum Gasteiger partial charge on any atom is 0.255 e. The average Bonchev–Trinajstić information content (AvgIpc) is 2.60. The second-order valence-corrected chi connectivity index (χ2v) is 6.24. The van der Waals surface area contributed by atoms with E-state index < -0.39 is 0 Å². The highest BCUT2D eigenvalue weighted by molar-refractivity contribution is 9.10. The highest BCUT2D eigenvalue weighted by atomic mass is 79.9. The number of halogens is 1. The molecule has 0 aliphatic carbocycles. The van der Waals surface area contributed by atoms with Gasteiger partial charge >= 0.3 is 0 Å². The fraction of sp³-hybridized carbons (Fsp3) is 0.316. The molecule has 0 aliphatic rings. The molecule has 128 valence electrons. The second kappa shape index (κ2) is 10.1. The third-order valence-electron chi connectivity index (χ3n) is 3.49. The maximum atomic E-state index is 12.4. The quantitative estimate of drug-likeness (QED) is 0.660. The molecule has 2 rings (SSSR count). The van der Waals surface area contributed by atoms with Crippen molar-refractivity contribution in [2.24, 2.45) is 0 Å². The zero-order valence-electron chi connectivity index (χ0n) is 13.8. The molecule has 0 aromatic heterocycles. The lowest BCUT2D eigenvalue weighted by molar-refractivity contribution is 0.0944. The molecule has 0 fully saturated rings. The number of methoxy groups -OCH3 is 1. The van der Waals surface area contributed by atoms with E-state index in [1.807, 2.05) is 30.3 Å². The number of hydrogen-bond donors (Lipinski definition) is 1. The molecular weight excluding hydrogens is 370 g/mol. The van der Waals surface area contributed by atoms with E-state index in [0.29, 0.717) is 31.1 Å². The third kappa shape index (κ3) is 5.98. The number of amides is 1. The minimum Gasteiger partial charge on any atom is -0.492 e. The number of rotatable bonds is 9. The van der Waals surface area contributed by atoms with Crippen LogP contribution in [-0.2, 0) is 11.2 Å². The molecule has 1 N–H and O–H groups in total. The summed E-state index contributed by atoms with van der Waals surface area (Å²) in [6.07, 6.45) is 1.58. The minimum absolute atomic E-state index is 0.137. The first-order chi connectivity index (χ1) is 11.7. The zero-order chi connectivity index (χ0) is 17.2. The highest BCUT2D eigenvalue weighted by Gasteiger charge is 2.13. The molecule has 0 heterocycles. The van der Waals surface area contributed by atoms with E-state index in [1.165, 1.54) is 5.56 Å². The predicted molar refractivity (Wildman–Crippen MR) is 98.6 cm³/mol. The Labute approximate surface area is 151 Å². The Hall–Kier alpha value is -1.85. The van der Waals surface area contributed by atoms with E-state index in [9.17, 15) is 4.79 Å². The second-order valence-electron chi connectivity index (χ2n) is 5.33. The number of carbonyl (C=O) groups is 1. The molecule has 0 saturated carbocycles. The van der Waals surface area contributed by atoms with E-state index in [2.05, 4.69) is 33.4 Å². The number of carbonyl (C=O) groups excluding carboxylic acids is 1. The number of hydrogen-bond acceptors (Lipinski definition) is 3. The summed E-state index contributed by atoms with van der Waals surface area (Å²) in [6.45, 7) is 1.72. The molecule has 0 spiro atoms. The van der Waals surface area contributed by atoms with Gasteiger partial charge in [0.05, 0.1) is 12.2 Å². The number of nitrogens with one attached hydrogen (secondary N) is 1. The summed E-state index contributed by atoms with van der Waals surface area (Å²) in [5, 5.41) is 2.89. The fourth-order valence-corrected chi connectivity index (χ4v) is 2.60. The van der Waals surface area contributed by atoms with E-state index in [-0.39, 0.29) is 5.91 Å². The lowest BCUT2D eigenvalue weighted by Gasteiger charge is -2.12. The number of ether oxygens (including phenoxy) is 2. The summed E-state index contributed by atoms with van der Waals surface area (Å²) in [4.78, 5) is 12.4. The standard InChI is InChI=1S/C19H22BrNO3/c1-23-12-5-11-21-19(22)17-14-16(20)8-9-18(17)24-13-10-15-6-3-2-4-7-15/h2-4,6-9,14H,5,10-13H2,1H3,(H,21,22). The van der Waals surface area contributed by atoms with Gasteiger partial charge in [0.2, 0.25) is 0 Å². The molecular formula is C19H22BrNO3. The van der Waals surface area contributed by atoms with Gasteiger partial charge in [-0.3, -0.25) is 4.79 Å². The Kier molecular flexibility index (Phi) is 7.79. The summed E-state index contributed by atoms with van der Waals surface area (Å²) in [7, 11) is 1.65.